The summed E-state index contributed by atoms with van der Waals surface area (Å²) >= 11 is 3.44. The highest BCUT2D eigenvalue weighted by molar-refractivity contribution is 9.10. The van der Waals surface area contributed by atoms with Crippen molar-refractivity contribution < 1.29 is 8.42 Å². The molecule has 5 heteroatoms. The van der Waals surface area contributed by atoms with Gasteiger partial charge < -0.3 is 0 Å². The molecule has 0 N–H and O–H groups in total. The van der Waals surface area contributed by atoms with Gasteiger partial charge in [-0.2, -0.15) is 0 Å². The second-order valence-corrected chi connectivity index (χ2v) is 6.92. The monoisotopic (exact) mass is 313 g/mol. The van der Waals surface area contributed by atoms with Gasteiger partial charge in [0.15, 0.2) is 0 Å². The molecule has 0 unspecified atom stereocenters. The Labute approximate surface area is 109 Å². The Hall–Kier alpha value is -0.910. The third kappa shape index (κ3) is 2.22. The number of halogens is 1. The molecule has 0 amide bonds. The molecule has 0 saturated carbocycles. The Kier molecular flexibility index (Phi) is 3.25. The maximum Gasteiger partial charge on any atom is 0.242 e. The minimum Gasteiger partial charge on any atom is -0.207 e. The van der Waals surface area contributed by atoms with Crippen molar-refractivity contribution in [2.45, 2.75) is 4.90 Å². The summed E-state index contributed by atoms with van der Waals surface area (Å²) in [7, 11) is -0.307. The molecule has 0 radical (unpaired) electrons. The number of fused-ring (bicyclic) bond motifs is 1. The van der Waals surface area contributed by atoms with Crippen molar-refractivity contribution in [3.63, 3.8) is 0 Å². The van der Waals surface area contributed by atoms with Gasteiger partial charge in [0.1, 0.15) is 0 Å². The maximum atomic E-state index is 12.0. The largest absolute Gasteiger partial charge is 0.242 e. The van der Waals surface area contributed by atoms with Crippen LogP contribution in [0.1, 0.15) is 0 Å². The van der Waals surface area contributed by atoms with Crippen molar-refractivity contribution in [3.05, 3.63) is 40.9 Å². The van der Waals surface area contributed by atoms with E-state index in [2.05, 4.69) is 15.9 Å². The van der Waals surface area contributed by atoms with E-state index in [1.165, 1.54) is 18.4 Å². The number of nitrogens with zero attached hydrogens (tertiary/aromatic N) is 1. The molecule has 0 fully saturated rings. The molecule has 0 aliphatic carbocycles. The van der Waals surface area contributed by atoms with Crippen LogP contribution in [-0.4, -0.2) is 26.8 Å². The standard InChI is InChI=1S/C12H12BrNO2S/c1-14(2)17(15,16)10-6-7-11-9(8-10)4-3-5-12(11)13/h3-8H,1-2H3. The molecule has 2 rings (SSSR count). The Morgan fingerprint density at radius 2 is 1.82 bits per heavy atom. The molecule has 17 heavy (non-hydrogen) atoms. The van der Waals surface area contributed by atoms with Crippen LogP contribution in [0.5, 0.6) is 0 Å². The lowest BCUT2D eigenvalue weighted by atomic mass is 10.1. The normalized spacial score (nSPS) is 12.2. The third-order valence-corrected chi connectivity index (χ3v) is 5.08. The smallest absolute Gasteiger partial charge is 0.207 e. The summed E-state index contributed by atoms with van der Waals surface area (Å²) in [5.74, 6) is 0. The molecule has 2 aromatic carbocycles. The average Bonchev–Trinajstić information content (AvgIpc) is 2.28. The van der Waals surface area contributed by atoms with Crippen molar-refractivity contribution in [1.29, 1.82) is 0 Å². The fourth-order valence-corrected chi connectivity index (χ4v) is 3.04. The number of rotatable bonds is 2. The van der Waals surface area contributed by atoms with E-state index in [1.54, 1.807) is 12.1 Å². The highest BCUT2D eigenvalue weighted by Crippen LogP contribution is 2.26. The molecule has 0 bridgehead atoms. The number of benzene rings is 2. The van der Waals surface area contributed by atoms with Crippen molar-refractivity contribution in [2.24, 2.45) is 0 Å². The predicted octanol–water partition coefficient (Wildman–Crippen LogP) is 2.85. The van der Waals surface area contributed by atoms with Crippen molar-refractivity contribution in [2.75, 3.05) is 14.1 Å². The van der Waals surface area contributed by atoms with E-state index in [4.69, 9.17) is 0 Å². The van der Waals surface area contributed by atoms with Crippen molar-refractivity contribution in [3.8, 4) is 0 Å². The first-order valence-electron chi connectivity index (χ1n) is 5.04. The summed E-state index contributed by atoms with van der Waals surface area (Å²) in [4.78, 5) is 0.313. The van der Waals surface area contributed by atoms with Crippen molar-refractivity contribution in [1.82, 2.24) is 4.31 Å². The minimum absolute atomic E-state index is 0.313. The van der Waals surface area contributed by atoms with Crippen LogP contribution < -0.4 is 0 Å². The summed E-state index contributed by atoms with van der Waals surface area (Å²) in [5.41, 5.74) is 0. The molecule has 0 aromatic heterocycles. The van der Waals surface area contributed by atoms with E-state index >= 15 is 0 Å². The lowest BCUT2D eigenvalue weighted by Gasteiger charge is -2.12. The first kappa shape index (κ1) is 12.5. The van der Waals surface area contributed by atoms with Gasteiger partial charge >= 0.3 is 0 Å². The maximum absolute atomic E-state index is 12.0. The Balaban J connectivity index is 2.69. The molecule has 0 aliphatic rings. The molecule has 2 aromatic rings. The molecule has 0 spiro atoms. The van der Waals surface area contributed by atoms with Gasteiger partial charge in [0.25, 0.3) is 0 Å². The van der Waals surface area contributed by atoms with Crippen LogP contribution in [0.3, 0.4) is 0 Å². The minimum atomic E-state index is -3.36. The summed E-state index contributed by atoms with van der Waals surface area (Å²) < 4.78 is 26.1. The van der Waals surface area contributed by atoms with Gasteiger partial charge in [0.2, 0.25) is 10.0 Å². The zero-order valence-corrected chi connectivity index (χ0v) is 11.9. The van der Waals surface area contributed by atoms with Crippen LogP contribution in [0, 0.1) is 0 Å². The summed E-state index contributed by atoms with van der Waals surface area (Å²) in [5, 5.41) is 1.91. The van der Waals surface area contributed by atoms with Gasteiger partial charge in [-0.3, -0.25) is 0 Å². The van der Waals surface area contributed by atoms with E-state index < -0.39 is 10.0 Å². The Bertz CT molecular complexity index is 665. The summed E-state index contributed by atoms with van der Waals surface area (Å²) in [6.07, 6.45) is 0. The lowest BCUT2D eigenvalue weighted by Crippen LogP contribution is -2.22. The topological polar surface area (TPSA) is 37.4 Å². The molecule has 0 aliphatic heterocycles. The van der Waals surface area contributed by atoms with Gasteiger partial charge in [0.05, 0.1) is 4.90 Å². The van der Waals surface area contributed by atoms with Gasteiger partial charge in [-0.05, 0) is 29.0 Å². The van der Waals surface area contributed by atoms with E-state index in [9.17, 15) is 8.42 Å². The molecule has 90 valence electrons. The molecule has 0 heterocycles. The van der Waals surface area contributed by atoms with Crippen LogP contribution >= 0.6 is 15.9 Å². The van der Waals surface area contributed by atoms with Crippen LogP contribution in [0.15, 0.2) is 45.8 Å². The molecule has 3 nitrogen and oxygen atoms in total. The summed E-state index contributed by atoms with van der Waals surface area (Å²) in [6.45, 7) is 0. The van der Waals surface area contributed by atoms with E-state index in [-0.39, 0.29) is 0 Å². The first-order chi connectivity index (χ1) is 7.93. The zero-order chi connectivity index (χ0) is 12.6. The van der Waals surface area contributed by atoms with Gasteiger partial charge in [0, 0.05) is 18.6 Å². The number of hydrogen-bond donors (Lipinski definition) is 0. The second-order valence-electron chi connectivity index (χ2n) is 3.91. The Morgan fingerprint density at radius 3 is 2.47 bits per heavy atom. The number of hydrogen-bond acceptors (Lipinski definition) is 2. The van der Waals surface area contributed by atoms with Crippen molar-refractivity contribution >= 4 is 36.7 Å². The van der Waals surface area contributed by atoms with Gasteiger partial charge in [-0.25, -0.2) is 12.7 Å². The van der Waals surface area contributed by atoms with Crippen LogP contribution in [0.2, 0.25) is 0 Å². The first-order valence-corrected chi connectivity index (χ1v) is 7.27. The lowest BCUT2D eigenvalue weighted by molar-refractivity contribution is 0.521. The quantitative estimate of drug-likeness (QED) is 0.855. The second kappa shape index (κ2) is 4.40. The van der Waals surface area contributed by atoms with Gasteiger partial charge in [-0.15, -0.1) is 0 Å². The third-order valence-electron chi connectivity index (χ3n) is 2.58. The fourth-order valence-electron chi connectivity index (χ4n) is 1.59. The van der Waals surface area contributed by atoms with Crippen LogP contribution in [0.4, 0.5) is 0 Å². The fraction of sp³-hybridized carbons (Fsp3) is 0.167. The number of sulfonamides is 1. The zero-order valence-electron chi connectivity index (χ0n) is 9.51. The van der Waals surface area contributed by atoms with Crippen LogP contribution in [0.25, 0.3) is 10.8 Å². The van der Waals surface area contributed by atoms with E-state index in [1.807, 2.05) is 24.3 Å². The predicted molar refractivity (Wildman–Crippen MR) is 72.5 cm³/mol. The molecule has 0 saturated heterocycles. The molecule has 0 atom stereocenters. The van der Waals surface area contributed by atoms with E-state index in [0.29, 0.717) is 4.90 Å². The average molecular weight is 314 g/mol. The Morgan fingerprint density at radius 1 is 1.12 bits per heavy atom. The van der Waals surface area contributed by atoms with Gasteiger partial charge in [-0.1, -0.05) is 34.1 Å². The molecular weight excluding hydrogens is 302 g/mol. The highest BCUT2D eigenvalue weighted by atomic mass is 79.9. The summed E-state index contributed by atoms with van der Waals surface area (Å²) in [6, 6.07) is 10.9. The van der Waals surface area contributed by atoms with E-state index in [0.717, 1.165) is 15.2 Å². The SMILES string of the molecule is CN(C)S(=O)(=O)c1ccc2c(Br)cccc2c1. The van der Waals surface area contributed by atoms with Crippen LogP contribution in [-0.2, 0) is 10.0 Å². The molecular formula is C12H12BrNO2S. The highest BCUT2D eigenvalue weighted by Gasteiger charge is 2.17.